The van der Waals surface area contributed by atoms with Gasteiger partial charge in [-0.15, -0.1) is 0 Å². The molecule has 1 saturated carbocycles. The fourth-order valence-electron chi connectivity index (χ4n) is 1.94. The lowest BCUT2D eigenvalue weighted by molar-refractivity contribution is 0.767. The third-order valence-corrected chi connectivity index (χ3v) is 3.09. The van der Waals surface area contributed by atoms with Crippen LogP contribution in [0.4, 0.5) is 5.82 Å². The van der Waals surface area contributed by atoms with Crippen LogP contribution in [0.15, 0.2) is 18.5 Å². The third-order valence-electron chi connectivity index (χ3n) is 3.09. The first-order chi connectivity index (χ1) is 8.74. The van der Waals surface area contributed by atoms with Crippen LogP contribution in [0, 0.1) is 5.92 Å². The zero-order chi connectivity index (χ0) is 12.5. The predicted octanol–water partition coefficient (Wildman–Crippen LogP) is 1.12. The van der Waals surface area contributed by atoms with Crippen LogP contribution >= 0.6 is 0 Å². The van der Waals surface area contributed by atoms with Crippen molar-refractivity contribution in [3.8, 4) is 11.3 Å². The standard InChI is InChI=1S/C12H16N6/c1-18-7-9(6-14-18)10-5-12(17-13)16-11(15-10)4-8-2-3-8/h5-8H,2-4,13H2,1H3,(H,15,16,17). The molecule has 0 spiro atoms. The summed E-state index contributed by atoms with van der Waals surface area (Å²) in [5.41, 5.74) is 4.44. The van der Waals surface area contributed by atoms with E-state index in [0.717, 1.165) is 29.4 Å². The molecule has 1 fully saturated rings. The summed E-state index contributed by atoms with van der Waals surface area (Å²) in [4.78, 5) is 8.98. The van der Waals surface area contributed by atoms with Gasteiger partial charge in [-0.2, -0.15) is 5.10 Å². The fraction of sp³-hybridized carbons (Fsp3) is 0.417. The van der Waals surface area contributed by atoms with Gasteiger partial charge in [0.2, 0.25) is 0 Å². The summed E-state index contributed by atoms with van der Waals surface area (Å²) in [6.45, 7) is 0. The smallest absolute Gasteiger partial charge is 0.144 e. The number of aromatic nitrogens is 4. The Bertz CT molecular complexity index is 557. The van der Waals surface area contributed by atoms with Crippen molar-refractivity contribution in [2.75, 3.05) is 5.43 Å². The number of hydrazine groups is 1. The number of anilines is 1. The van der Waals surface area contributed by atoms with Gasteiger partial charge >= 0.3 is 0 Å². The molecule has 1 aliphatic carbocycles. The minimum atomic E-state index is 0.652. The zero-order valence-electron chi connectivity index (χ0n) is 10.3. The van der Waals surface area contributed by atoms with E-state index in [0.29, 0.717) is 5.82 Å². The summed E-state index contributed by atoms with van der Waals surface area (Å²) < 4.78 is 1.76. The molecular formula is C12H16N6. The second-order valence-electron chi connectivity index (χ2n) is 4.75. The molecule has 2 aromatic rings. The normalized spacial score (nSPS) is 14.8. The Morgan fingerprint density at radius 1 is 1.44 bits per heavy atom. The van der Waals surface area contributed by atoms with Gasteiger partial charge < -0.3 is 5.43 Å². The molecule has 6 heteroatoms. The van der Waals surface area contributed by atoms with E-state index in [4.69, 9.17) is 5.84 Å². The van der Waals surface area contributed by atoms with Crippen LogP contribution in [0.3, 0.4) is 0 Å². The predicted molar refractivity (Wildman–Crippen MR) is 68.5 cm³/mol. The minimum absolute atomic E-state index is 0.652. The maximum absolute atomic E-state index is 5.46. The molecule has 6 nitrogen and oxygen atoms in total. The van der Waals surface area contributed by atoms with Crippen molar-refractivity contribution in [3.05, 3.63) is 24.3 Å². The SMILES string of the molecule is Cn1cc(-c2cc(NN)nc(CC3CC3)n2)cn1. The van der Waals surface area contributed by atoms with E-state index in [1.54, 1.807) is 10.9 Å². The first-order valence-electron chi connectivity index (χ1n) is 6.08. The maximum atomic E-state index is 5.46. The molecule has 94 valence electrons. The van der Waals surface area contributed by atoms with Crippen molar-refractivity contribution in [1.82, 2.24) is 19.7 Å². The molecule has 0 aromatic carbocycles. The molecule has 0 unspecified atom stereocenters. The van der Waals surface area contributed by atoms with E-state index in [1.165, 1.54) is 12.8 Å². The Labute approximate surface area is 105 Å². The zero-order valence-corrected chi connectivity index (χ0v) is 10.3. The van der Waals surface area contributed by atoms with E-state index in [1.807, 2.05) is 19.3 Å². The topological polar surface area (TPSA) is 81.7 Å². The summed E-state index contributed by atoms with van der Waals surface area (Å²) in [5, 5.41) is 4.16. The Morgan fingerprint density at radius 2 is 2.28 bits per heavy atom. The van der Waals surface area contributed by atoms with Gasteiger partial charge in [-0.1, -0.05) is 0 Å². The molecule has 3 rings (SSSR count). The number of nitrogen functional groups attached to an aromatic ring is 1. The molecule has 0 radical (unpaired) electrons. The van der Waals surface area contributed by atoms with Crippen molar-refractivity contribution >= 4 is 5.82 Å². The first kappa shape index (κ1) is 11.2. The van der Waals surface area contributed by atoms with Crippen LogP contribution in [-0.4, -0.2) is 19.7 Å². The Kier molecular flexibility index (Phi) is 2.71. The summed E-state index contributed by atoms with van der Waals surface area (Å²) in [7, 11) is 1.89. The number of nitrogens with zero attached hydrogens (tertiary/aromatic N) is 4. The highest BCUT2D eigenvalue weighted by atomic mass is 15.3. The van der Waals surface area contributed by atoms with Crippen LogP contribution in [0.1, 0.15) is 18.7 Å². The van der Waals surface area contributed by atoms with E-state index < -0.39 is 0 Å². The lowest BCUT2D eigenvalue weighted by atomic mass is 10.2. The van der Waals surface area contributed by atoms with Crippen LogP contribution in [0.25, 0.3) is 11.3 Å². The fourth-order valence-corrected chi connectivity index (χ4v) is 1.94. The van der Waals surface area contributed by atoms with Crippen LogP contribution in [0.2, 0.25) is 0 Å². The van der Waals surface area contributed by atoms with Crippen LogP contribution in [0.5, 0.6) is 0 Å². The van der Waals surface area contributed by atoms with E-state index >= 15 is 0 Å². The molecule has 0 saturated heterocycles. The first-order valence-corrected chi connectivity index (χ1v) is 6.08. The Hall–Kier alpha value is -1.95. The van der Waals surface area contributed by atoms with E-state index in [9.17, 15) is 0 Å². The van der Waals surface area contributed by atoms with Crippen molar-refractivity contribution in [1.29, 1.82) is 0 Å². The Morgan fingerprint density at radius 3 is 2.89 bits per heavy atom. The van der Waals surface area contributed by atoms with Crippen molar-refractivity contribution in [3.63, 3.8) is 0 Å². The summed E-state index contributed by atoms with van der Waals surface area (Å²) in [6, 6.07) is 1.84. The number of nitrogens with two attached hydrogens (primary N) is 1. The molecule has 2 aromatic heterocycles. The average molecular weight is 244 g/mol. The maximum Gasteiger partial charge on any atom is 0.144 e. The molecule has 0 bridgehead atoms. The van der Waals surface area contributed by atoms with E-state index in [-0.39, 0.29) is 0 Å². The molecule has 0 atom stereocenters. The highest BCUT2D eigenvalue weighted by Crippen LogP contribution is 2.32. The van der Waals surface area contributed by atoms with Gasteiger partial charge in [0, 0.05) is 31.3 Å². The average Bonchev–Trinajstić information content (AvgIpc) is 3.07. The number of hydrogen-bond acceptors (Lipinski definition) is 5. The molecule has 2 heterocycles. The summed E-state index contributed by atoms with van der Waals surface area (Å²) >= 11 is 0. The van der Waals surface area contributed by atoms with E-state index in [2.05, 4.69) is 20.5 Å². The number of aryl methyl sites for hydroxylation is 1. The lowest BCUT2D eigenvalue weighted by Crippen LogP contribution is -2.11. The molecular weight excluding hydrogens is 228 g/mol. The largest absolute Gasteiger partial charge is 0.308 e. The van der Waals surface area contributed by atoms with Crippen molar-refractivity contribution in [2.45, 2.75) is 19.3 Å². The molecule has 0 amide bonds. The monoisotopic (exact) mass is 244 g/mol. The number of nitrogens with one attached hydrogen (secondary N) is 1. The Balaban J connectivity index is 1.96. The minimum Gasteiger partial charge on any atom is -0.308 e. The van der Waals surface area contributed by atoms with Crippen LogP contribution < -0.4 is 11.3 Å². The van der Waals surface area contributed by atoms with Gasteiger partial charge in [0.1, 0.15) is 11.6 Å². The highest BCUT2D eigenvalue weighted by molar-refractivity contribution is 5.60. The number of hydrogen-bond donors (Lipinski definition) is 2. The highest BCUT2D eigenvalue weighted by Gasteiger charge is 2.23. The van der Waals surface area contributed by atoms with Gasteiger partial charge in [0.25, 0.3) is 0 Å². The quantitative estimate of drug-likeness (QED) is 0.622. The molecule has 1 aliphatic rings. The molecule has 18 heavy (non-hydrogen) atoms. The van der Waals surface area contributed by atoms with Gasteiger partial charge in [-0.25, -0.2) is 15.8 Å². The van der Waals surface area contributed by atoms with Crippen molar-refractivity contribution < 1.29 is 0 Å². The van der Waals surface area contributed by atoms with Crippen molar-refractivity contribution in [2.24, 2.45) is 18.8 Å². The number of rotatable bonds is 4. The van der Waals surface area contributed by atoms with Crippen LogP contribution in [-0.2, 0) is 13.5 Å². The second kappa shape index (κ2) is 4.38. The van der Waals surface area contributed by atoms with Gasteiger partial charge in [-0.3, -0.25) is 4.68 Å². The lowest BCUT2D eigenvalue weighted by Gasteiger charge is -2.06. The summed E-state index contributed by atoms with van der Waals surface area (Å²) in [5.74, 6) is 7.71. The molecule has 3 N–H and O–H groups in total. The summed E-state index contributed by atoms with van der Waals surface area (Å²) in [6.07, 6.45) is 7.23. The van der Waals surface area contributed by atoms with Gasteiger partial charge in [-0.05, 0) is 18.8 Å². The van der Waals surface area contributed by atoms with Gasteiger partial charge in [0.05, 0.1) is 11.9 Å². The molecule has 0 aliphatic heterocycles. The second-order valence-corrected chi connectivity index (χ2v) is 4.75. The third kappa shape index (κ3) is 2.33. The van der Waals surface area contributed by atoms with Gasteiger partial charge in [0.15, 0.2) is 0 Å².